The highest BCUT2D eigenvalue weighted by Crippen LogP contribution is 2.33. The summed E-state index contributed by atoms with van der Waals surface area (Å²) in [6, 6.07) is 0. The first-order valence-corrected chi connectivity index (χ1v) is 8.33. The summed E-state index contributed by atoms with van der Waals surface area (Å²) in [7, 11) is 2.06. The van der Waals surface area contributed by atoms with Gasteiger partial charge in [0.25, 0.3) is 0 Å². The molecular weight excluding hydrogens is 288 g/mol. The Labute approximate surface area is 128 Å². The molecule has 0 amide bonds. The van der Waals surface area contributed by atoms with E-state index in [9.17, 15) is 0 Å². The van der Waals surface area contributed by atoms with Crippen LogP contribution in [-0.2, 0) is 18.5 Å². The third kappa shape index (κ3) is 3.37. The summed E-state index contributed by atoms with van der Waals surface area (Å²) in [5, 5.41) is 4.22. The van der Waals surface area contributed by atoms with Crippen molar-refractivity contribution in [2.45, 2.75) is 46.2 Å². The molecule has 0 saturated carbocycles. The monoisotopic (exact) mass is 310 g/mol. The lowest BCUT2D eigenvalue weighted by Crippen LogP contribution is -2.18. The van der Waals surface area contributed by atoms with Crippen LogP contribution in [-0.4, -0.2) is 17.0 Å². The van der Waals surface area contributed by atoms with Crippen LogP contribution in [0.15, 0.2) is 5.38 Å². The summed E-state index contributed by atoms with van der Waals surface area (Å²) in [5.74, 6) is 0. The molecule has 0 unspecified atom stereocenters. The highest BCUT2D eigenvalue weighted by atomic mass is 32.1. The molecule has 2 N–H and O–H groups in total. The second-order valence-corrected chi connectivity index (χ2v) is 8.06. The Bertz CT molecular complexity index is 580. The number of anilines is 1. The lowest BCUT2D eigenvalue weighted by molar-refractivity contribution is 0.566. The molecule has 0 spiro atoms. The highest BCUT2D eigenvalue weighted by Gasteiger charge is 2.23. The van der Waals surface area contributed by atoms with Crippen LogP contribution < -0.4 is 10.6 Å². The largest absolute Gasteiger partial charge is 0.345 e. The summed E-state index contributed by atoms with van der Waals surface area (Å²) in [6.07, 6.45) is 0. The van der Waals surface area contributed by atoms with Crippen molar-refractivity contribution in [2.24, 2.45) is 5.73 Å². The van der Waals surface area contributed by atoms with Gasteiger partial charge in [0.2, 0.25) is 0 Å². The Balaban J connectivity index is 2.22. The lowest BCUT2D eigenvalue weighted by Gasteiger charge is -2.17. The maximum atomic E-state index is 5.86. The summed E-state index contributed by atoms with van der Waals surface area (Å²) >= 11 is 3.37. The molecule has 0 radical (unpaired) electrons. The van der Waals surface area contributed by atoms with E-state index in [-0.39, 0.29) is 5.41 Å². The van der Waals surface area contributed by atoms with Crippen LogP contribution in [0.5, 0.6) is 0 Å². The molecule has 20 heavy (non-hydrogen) atoms. The van der Waals surface area contributed by atoms with Crippen molar-refractivity contribution in [3.8, 4) is 0 Å². The molecule has 0 aliphatic carbocycles. The quantitative estimate of drug-likeness (QED) is 0.941. The Morgan fingerprint density at radius 1 is 1.30 bits per heavy atom. The van der Waals surface area contributed by atoms with Crippen LogP contribution >= 0.6 is 22.7 Å². The Morgan fingerprint density at radius 2 is 2.00 bits per heavy atom. The number of hydrogen-bond acceptors (Lipinski definition) is 6. The van der Waals surface area contributed by atoms with Gasteiger partial charge >= 0.3 is 0 Å². The van der Waals surface area contributed by atoms with Gasteiger partial charge in [0.05, 0.1) is 22.9 Å². The maximum Gasteiger partial charge on any atom is 0.185 e. The van der Waals surface area contributed by atoms with Crippen molar-refractivity contribution in [1.82, 2.24) is 9.97 Å². The van der Waals surface area contributed by atoms with Crippen molar-refractivity contribution >= 4 is 27.8 Å². The van der Waals surface area contributed by atoms with Crippen LogP contribution in [0.25, 0.3) is 0 Å². The van der Waals surface area contributed by atoms with Crippen LogP contribution in [0.3, 0.4) is 0 Å². The van der Waals surface area contributed by atoms with E-state index >= 15 is 0 Å². The molecule has 6 heteroatoms. The second kappa shape index (κ2) is 5.79. The maximum absolute atomic E-state index is 5.86. The molecule has 0 fully saturated rings. The van der Waals surface area contributed by atoms with Gasteiger partial charge in [-0.1, -0.05) is 20.8 Å². The fourth-order valence-electron chi connectivity index (χ4n) is 2.02. The van der Waals surface area contributed by atoms with Crippen LogP contribution in [0, 0.1) is 6.92 Å². The molecule has 0 atom stereocenters. The van der Waals surface area contributed by atoms with Crippen LogP contribution in [0.1, 0.15) is 42.0 Å². The summed E-state index contributed by atoms with van der Waals surface area (Å²) in [5.41, 5.74) is 8.09. The van der Waals surface area contributed by atoms with Gasteiger partial charge in [0.15, 0.2) is 5.13 Å². The third-order valence-electron chi connectivity index (χ3n) is 2.97. The van der Waals surface area contributed by atoms with Gasteiger partial charge in [0, 0.05) is 29.3 Å². The number of hydrogen-bond donors (Lipinski definition) is 1. The molecule has 0 aromatic carbocycles. The summed E-state index contributed by atoms with van der Waals surface area (Å²) < 4.78 is 0. The fraction of sp³-hybridized carbons (Fsp3) is 0.571. The molecule has 4 nitrogen and oxygen atoms in total. The zero-order valence-corrected chi connectivity index (χ0v) is 14.4. The van der Waals surface area contributed by atoms with E-state index in [4.69, 9.17) is 10.7 Å². The number of aromatic nitrogens is 2. The predicted octanol–water partition coefficient (Wildman–Crippen LogP) is 3.30. The molecule has 2 heterocycles. The van der Waals surface area contributed by atoms with Crippen molar-refractivity contribution in [1.29, 1.82) is 0 Å². The highest BCUT2D eigenvalue weighted by molar-refractivity contribution is 7.15. The predicted molar refractivity (Wildman–Crippen MR) is 87.7 cm³/mol. The SMILES string of the molecule is Cc1nc(CN(C)c2nc(C(C)(C)C)c(CN)s2)cs1. The second-order valence-electron chi connectivity index (χ2n) is 5.94. The zero-order chi connectivity index (χ0) is 14.9. The first kappa shape index (κ1) is 15.4. The molecule has 0 aliphatic heterocycles. The van der Waals surface area contributed by atoms with Crippen molar-refractivity contribution in [2.75, 3.05) is 11.9 Å². The van der Waals surface area contributed by atoms with Gasteiger partial charge in [-0.2, -0.15) is 0 Å². The number of thiazole rings is 2. The molecule has 2 rings (SSSR count). The van der Waals surface area contributed by atoms with Gasteiger partial charge in [-0.05, 0) is 6.92 Å². The minimum atomic E-state index is 0.0293. The third-order valence-corrected chi connectivity index (χ3v) is 4.99. The van der Waals surface area contributed by atoms with E-state index in [1.807, 2.05) is 6.92 Å². The molecule has 0 bridgehead atoms. The van der Waals surface area contributed by atoms with Crippen LogP contribution in [0.4, 0.5) is 5.13 Å². The topological polar surface area (TPSA) is 55.0 Å². The smallest absolute Gasteiger partial charge is 0.185 e. The van der Waals surface area contributed by atoms with Crippen molar-refractivity contribution < 1.29 is 0 Å². The lowest BCUT2D eigenvalue weighted by atomic mass is 9.91. The van der Waals surface area contributed by atoms with E-state index < -0.39 is 0 Å². The number of nitrogens with two attached hydrogens (primary N) is 1. The number of nitrogens with zero attached hydrogens (tertiary/aromatic N) is 3. The van der Waals surface area contributed by atoms with Gasteiger partial charge in [0.1, 0.15) is 0 Å². The van der Waals surface area contributed by atoms with Gasteiger partial charge < -0.3 is 10.6 Å². The fourth-order valence-corrected chi connectivity index (χ4v) is 3.73. The molecular formula is C14H22N4S2. The van der Waals surface area contributed by atoms with Gasteiger partial charge in [-0.25, -0.2) is 9.97 Å². The summed E-state index contributed by atoms with van der Waals surface area (Å²) in [6.45, 7) is 9.89. The van der Waals surface area contributed by atoms with Gasteiger partial charge in [-0.3, -0.25) is 0 Å². The summed E-state index contributed by atoms with van der Waals surface area (Å²) in [4.78, 5) is 12.6. The molecule has 2 aromatic heterocycles. The van der Waals surface area contributed by atoms with Gasteiger partial charge in [-0.15, -0.1) is 22.7 Å². The normalized spacial score (nSPS) is 11.9. The standard InChI is InChI=1S/C14H22N4S2/c1-9-16-10(8-19-9)7-18(5)13-17-12(14(2,3)4)11(6-15)20-13/h8H,6-7,15H2,1-5H3. The average molecular weight is 310 g/mol. The minimum absolute atomic E-state index is 0.0293. The van der Waals surface area contributed by atoms with E-state index in [1.54, 1.807) is 22.7 Å². The van der Waals surface area contributed by atoms with E-state index in [2.05, 4.69) is 43.1 Å². The molecule has 110 valence electrons. The van der Waals surface area contributed by atoms with E-state index in [0.717, 1.165) is 28.1 Å². The number of aryl methyl sites for hydroxylation is 1. The van der Waals surface area contributed by atoms with Crippen molar-refractivity contribution in [3.63, 3.8) is 0 Å². The van der Waals surface area contributed by atoms with E-state index in [0.29, 0.717) is 6.54 Å². The minimum Gasteiger partial charge on any atom is -0.345 e. The average Bonchev–Trinajstić information content (AvgIpc) is 2.94. The molecule has 2 aromatic rings. The van der Waals surface area contributed by atoms with E-state index in [1.165, 1.54) is 4.88 Å². The molecule has 0 aliphatic rings. The Kier molecular flexibility index (Phi) is 4.46. The first-order valence-electron chi connectivity index (χ1n) is 6.63. The Hall–Kier alpha value is -0.980. The Morgan fingerprint density at radius 3 is 2.45 bits per heavy atom. The van der Waals surface area contributed by atoms with Crippen LogP contribution in [0.2, 0.25) is 0 Å². The zero-order valence-electron chi connectivity index (χ0n) is 12.7. The van der Waals surface area contributed by atoms with Crippen molar-refractivity contribution in [3.05, 3.63) is 26.7 Å². The number of rotatable bonds is 4. The first-order chi connectivity index (χ1) is 9.31. The molecule has 0 saturated heterocycles.